The molecule has 0 radical (unpaired) electrons. The number of piperidine rings is 1. The molecule has 1 saturated carbocycles. The van der Waals surface area contributed by atoms with Crippen molar-refractivity contribution in [2.45, 2.75) is 90.8 Å². The zero-order chi connectivity index (χ0) is 18.0. The summed E-state index contributed by atoms with van der Waals surface area (Å²) < 4.78 is 5.44. The van der Waals surface area contributed by atoms with E-state index >= 15 is 0 Å². The molecule has 4 nitrogen and oxygen atoms in total. The van der Waals surface area contributed by atoms with Crippen LogP contribution in [0.2, 0.25) is 0 Å². The monoisotopic (exact) mass is 339 g/mol. The maximum absolute atomic E-state index is 12.2. The summed E-state index contributed by atoms with van der Waals surface area (Å²) in [4.78, 5) is 13.9. The third-order valence-corrected chi connectivity index (χ3v) is 5.62. The van der Waals surface area contributed by atoms with E-state index in [0.717, 1.165) is 18.3 Å². The Morgan fingerprint density at radius 2 is 1.75 bits per heavy atom. The predicted octanol–water partition coefficient (Wildman–Crippen LogP) is 4.60. The van der Waals surface area contributed by atoms with Crippen molar-refractivity contribution >= 4 is 6.09 Å². The summed E-state index contributed by atoms with van der Waals surface area (Å²) in [5.74, 6) is 2.20. The highest BCUT2D eigenvalue weighted by Crippen LogP contribution is 2.38. The van der Waals surface area contributed by atoms with Gasteiger partial charge in [0.2, 0.25) is 0 Å². The fraction of sp³-hybridized carbons (Fsp3) is 0.950. The van der Waals surface area contributed by atoms with Crippen molar-refractivity contribution in [3.63, 3.8) is 0 Å². The van der Waals surface area contributed by atoms with Gasteiger partial charge in [-0.1, -0.05) is 26.7 Å². The minimum Gasteiger partial charge on any atom is -0.444 e. The lowest BCUT2D eigenvalue weighted by Gasteiger charge is -2.40. The molecule has 24 heavy (non-hydrogen) atoms. The first-order chi connectivity index (χ1) is 11.1. The van der Waals surface area contributed by atoms with Gasteiger partial charge < -0.3 is 14.7 Å². The molecular formula is C20H37NO3. The average Bonchev–Trinajstić information content (AvgIpc) is 2.57. The van der Waals surface area contributed by atoms with Crippen LogP contribution in [-0.4, -0.2) is 40.4 Å². The number of likely N-dealkylation sites (tertiary alicyclic amines) is 1. The first kappa shape index (κ1) is 19.6. The third-order valence-electron chi connectivity index (χ3n) is 5.62. The van der Waals surface area contributed by atoms with E-state index in [1.165, 1.54) is 25.7 Å². The maximum atomic E-state index is 12.2. The number of hydrogen-bond donors (Lipinski definition) is 1. The van der Waals surface area contributed by atoms with E-state index in [4.69, 9.17) is 4.74 Å². The van der Waals surface area contributed by atoms with Crippen LogP contribution in [-0.2, 0) is 4.74 Å². The lowest BCUT2D eigenvalue weighted by Crippen LogP contribution is -2.48. The van der Waals surface area contributed by atoms with Gasteiger partial charge in [-0.05, 0) is 70.6 Å². The Balaban J connectivity index is 1.84. The number of carbonyl (C=O) groups is 1. The van der Waals surface area contributed by atoms with E-state index in [0.29, 0.717) is 31.8 Å². The second-order valence-electron chi connectivity index (χ2n) is 9.52. The van der Waals surface area contributed by atoms with Gasteiger partial charge in [0.1, 0.15) is 5.60 Å². The molecule has 0 aromatic carbocycles. The molecule has 1 unspecified atom stereocenters. The lowest BCUT2D eigenvalue weighted by molar-refractivity contribution is -0.0469. The number of rotatable bonds is 2. The van der Waals surface area contributed by atoms with Crippen molar-refractivity contribution in [2.75, 3.05) is 13.1 Å². The molecule has 2 rings (SSSR count). The Bertz CT molecular complexity index is 421. The largest absolute Gasteiger partial charge is 0.444 e. The highest BCUT2D eigenvalue weighted by Gasteiger charge is 2.37. The molecule has 1 aliphatic carbocycles. The summed E-state index contributed by atoms with van der Waals surface area (Å²) in [7, 11) is 0. The van der Waals surface area contributed by atoms with Crippen LogP contribution in [0, 0.1) is 17.8 Å². The van der Waals surface area contributed by atoms with Gasteiger partial charge in [-0.3, -0.25) is 0 Å². The number of ether oxygens (including phenoxy) is 1. The van der Waals surface area contributed by atoms with Crippen molar-refractivity contribution in [1.29, 1.82) is 0 Å². The van der Waals surface area contributed by atoms with Crippen molar-refractivity contribution in [2.24, 2.45) is 17.8 Å². The Morgan fingerprint density at radius 1 is 1.12 bits per heavy atom. The minimum absolute atomic E-state index is 0.249. The van der Waals surface area contributed by atoms with Gasteiger partial charge in [-0.25, -0.2) is 4.79 Å². The van der Waals surface area contributed by atoms with E-state index in [1.54, 1.807) is 4.90 Å². The third kappa shape index (κ3) is 5.94. The van der Waals surface area contributed by atoms with Gasteiger partial charge in [0.25, 0.3) is 0 Å². The maximum Gasteiger partial charge on any atom is 0.410 e. The first-order valence-electron chi connectivity index (χ1n) is 9.77. The minimum atomic E-state index is -0.601. The topological polar surface area (TPSA) is 49.8 Å². The van der Waals surface area contributed by atoms with E-state index in [1.807, 2.05) is 20.8 Å². The molecule has 1 heterocycles. The highest BCUT2D eigenvalue weighted by atomic mass is 16.6. The zero-order valence-electron chi connectivity index (χ0n) is 16.3. The fourth-order valence-corrected chi connectivity index (χ4v) is 4.47. The second-order valence-corrected chi connectivity index (χ2v) is 9.52. The molecule has 0 bridgehead atoms. The number of aliphatic hydroxyl groups is 1. The standard InChI is InChI=1S/C20H37NO3/c1-15-6-7-17(13-16(2)12-15)14-20(23)8-10-21(11-9-20)18(22)24-19(3,4)5/h15-17,23H,6-14H2,1-5H3/t15-,16-,17?/m0/s1. The van der Waals surface area contributed by atoms with Gasteiger partial charge in [-0.2, -0.15) is 0 Å². The van der Waals surface area contributed by atoms with Crippen LogP contribution in [0.3, 0.4) is 0 Å². The quantitative estimate of drug-likeness (QED) is 0.748. The summed E-state index contributed by atoms with van der Waals surface area (Å²) in [5, 5.41) is 11.0. The SMILES string of the molecule is C[C@@H]1CC(CC2(O)CCN(C(=O)OC(C)(C)C)CC2)CC[C@H](C)C1. The summed E-state index contributed by atoms with van der Waals surface area (Å²) in [6.45, 7) is 11.6. The molecule has 4 heteroatoms. The molecule has 1 aliphatic heterocycles. The second kappa shape index (κ2) is 7.63. The summed E-state index contributed by atoms with van der Waals surface area (Å²) in [6.07, 6.45) is 7.08. The van der Waals surface area contributed by atoms with Crippen molar-refractivity contribution in [3.05, 3.63) is 0 Å². The Hall–Kier alpha value is -0.770. The van der Waals surface area contributed by atoms with Crippen molar-refractivity contribution in [1.82, 2.24) is 4.90 Å². The van der Waals surface area contributed by atoms with Gasteiger partial charge in [0.05, 0.1) is 5.60 Å². The predicted molar refractivity (Wildman–Crippen MR) is 96.9 cm³/mol. The number of hydrogen-bond acceptors (Lipinski definition) is 3. The normalized spacial score (nSPS) is 31.4. The molecular weight excluding hydrogens is 302 g/mol. The Morgan fingerprint density at radius 3 is 2.33 bits per heavy atom. The molecule has 0 spiro atoms. The highest BCUT2D eigenvalue weighted by molar-refractivity contribution is 5.68. The van der Waals surface area contributed by atoms with E-state index in [-0.39, 0.29) is 6.09 Å². The fourth-order valence-electron chi connectivity index (χ4n) is 4.47. The van der Waals surface area contributed by atoms with Crippen LogP contribution in [0.15, 0.2) is 0 Å². The first-order valence-corrected chi connectivity index (χ1v) is 9.77. The molecule has 0 aromatic rings. The molecule has 2 aliphatic rings. The molecule has 140 valence electrons. The van der Waals surface area contributed by atoms with Gasteiger partial charge in [0.15, 0.2) is 0 Å². The average molecular weight is 340 g/mol. The van der Waals surface area contributed by atoms with Crippen molar-refractivity contribution in [3.8, 4) is 0 Å². The van der Waals surface area contributed by atoms with Crippen LogP contribution in [0.4, 0.5) is 4.79 Å². The van der Waals surface area contributed by atoms with Crippen LogP contribution < -0.4 is 0 Å². The van der Waals surface area contributed by atoms with Crippen LogP contribution in [0.25, 0.3) is 0 Å². The van der Waals surface area contributed by atoms with Crippen LogP contribution >= 0.6 is 0 Å². The van der Waals surface area contributed by atoms with E-state index < -0.39 is 11.2 Å². The smallest absolute Gasteiger partial charge is 0.410 e. The Kier molecular flexibility index (Phi) is 6.22. The van der Waals surface area contributed by atoms with E-state index in [9.17, 15) is 9.90 Å². The van der Waals surface area contributed by atoms with Crippen LogP contribution in [0.1, 0.15) is 79.6 Å². The summed E-state index contributed by atoms with van der Waals surface area (Å²) in [5.41, 5.74) is -1.06. The zero-order valence-corrected chi connectivity index (χ0v) is 16.3. The van der Waals surface area contributed by atoms with Gasteiger partial charge in [0, 0.05) is 13.1 Å². The number of amides is 1. The molecule has 1 amide bonds. The van der Waals surface area contributed by atoms with Gasteiger partial charge >= 0.3 is 6.09 Å². The molecule has 0 aromatic heterocycles. The van der Waals surface area contributed by atoms with Gasteiger partial charge in [-0.15, -0.1) is 0 Å². The summed E-state index contributed by atoms with van der Waals surface area (Å²) >= 11 is 0. The molecule has 3 atom stereocenters. The van der Waals surface area contributed by atoms with Crippen molar-refractivity contribution < 1.29 is 14.6 Å². The van der Waals surface area contributed by atoms with Crippen LogP contribution in [0.5, 0.6) is 0 Å². The van der Waals surface area contributed by atoms with E-state index in [2.05, 4.69) is 13.8 Å². The molecule has 1 saturated heterocycles. The summed E-state index contributed by atoms with van der Waals surface area (Å²) in [6, 6.07) is 0. The molecule has 2 fully saturated rings. The Labute approximate surface area is 147 Å². The molecule has 1 N–H and O–H groups in total. The number of nitrogens with zero attached hydrogens (tertiary/aromatic N) is 1. The lowest BCUT2D eigenvalue weighted by atomic mass is 9.79. The number of carbonyl (C=O) groups excluding carboxylic acids is 1.